The van der Waals surface area contributed by atoms with Crippen LogP contribution in [0.5, 0.6) is 0 Å². The summed E-state index contributed by atoms with van der Waals surface area (Å²) in [6, 6.07) is 0. The van der Waals surface area contributed by atoms with Gasteiger partial charge in [-0.1, -0.05) is 13.8 Å². The highest BCUT2D eigenvalue weighted by molar-refractivity contribution is 9.10. The van der Waals surface area contributed by atoms with E-state index < -0.39 is 0 Å². The van der Waals surface area contributed by atoms with Crippen molar-refractivity contribution >= 4 is 15.9 Å². The van der Waals surface area contributed by atoms with Gasteiger partial charge in [0.1, 0.15) is 6.20 Å². The first-order valence-corrected chi connectivity index (χ1v) is 5.61. The van der Waals surface area contributed by atoms with Crippen molar-refractivity contribution < 1.29 is 0 Å². The molecule has 0 saturated heterocycles. The summed E-state index contributed by atoms with van der Waals surface area (Å²) < 4.78 is 3.13. The number of aromatic nitrogens is 2. The molecule has 3 heteroatoms. The maximum absolute atomic E-state index is 4.26. The van der Waals surface area contributed by atoms with E-state index in [0.29, 0.717) is 5.92 Å². The van der Waals surface area contributed by atoms with Crippen molar-refractivity contribution in [2.24, 2.45) is 5.92 Å². The van der Waals surface area contributed by atoms with E-state index in [1.54, 1.807) is 0 Å². The van der Waals surface area contributed by atoms with E-state index in [0.717, 1.165) is 16.9 Å². The molecule has 0 unspecified atom stereocenters. The Morgan fingerprint density at radius 2 is 2.31 bits per heavy atom. The fourth-order valence-electron chi connectivity index (χ4n) is 1.56. The summed E-state index contributed by atoms with van der Waals surface area (Å²) in [5.41, 5.74) is 1.28. The van der Waals surface area contributed by atoms with Crippen LogP contribution in [-0.4, -0.2) is 9.78 Å². The first kappa shape index (κ1) is 9.25. The lowest BCUT2D eigenvalue weighted by Crippen LogP contribution is -2.07. The van der Waals surface area contributed by atoms with E-state index in [4.69, 9.17) is 0 Å². The Labute approximate surface area is 87.5 Å². The molecule has 2 nitrogen and oxygen atoms in total. The van der Waals surface area contributed by atoms with Gasteiger partial charge in [0, 0.05) is 6.54 Å². The zero-order valence-electron chi connectivity index (χ0n) is 8.05. The zero-order valence-corrected chi connectivity index (χ0v) is 9.63. The van der Waals surface area contributed by atoms with Crippen molar-refractivity contribution in [3.63, 3.8) is 0 Å². The van der Waals surface area contributed by atoms with E-state index in [-0.39, 0.29) is 0 Å². The molecule has 71 valence electrons. The molecular weight excluding hydrogens is 228 g/mol. The molecule has 0 aromatic carbocycles. The summed E-state index contributed by atoms with van der Waals surface area (Å²) in [5, 5.41) is 4.26. The van der Waals surface area contributed by atoms with Gasteiger partial charge in [0.05, 0.1) is 10.2 Å². The topological polar surface area (TPSA) is 17.8 Å². The predicted octanol–water partition coefficient (Wildman–Crippen LogP) is 2.98. The van der Waals surface area contributed by atoms with Gasteiger partial charge in [-0.25, -0.2) is 0 Å². The number of hydrogen-bond acceptors (Lipinski definition) is 1. The number of halogens is 1. The van der Waals surface area contributed by atoms with Crippen LogP contribution in [0.2, 0.25) is 0 Å². The van der Waals surface area contributed by atoms with E-state index >= 15 is 0 Å². The van der Waals surface area contributed by atoms with Crippen LogP contribution in [0.25, 0.3) is 0 Å². The van der Waals surface area contributed by atoms with Gasteiger partial charge in [-0.3, -0.25) is 4.68 Å². The monoisotopic (exact) mass is 241 g/mol. The molecule has 0 atom stereocenters. The summed E-state index contributed by atoms with van der Waals surface area (Å²) in [4.78, 5) is 0. The molecule has 0 spiro atoms. The molecule has 0 amide bonds. The summed E-state index contributed by atoms with van der Waals surface area (Å²) in [6.07, 6.45) is 5.72. The van der Waals surface area contributed by atoms with Crippen molar-refractivity contribution in [1.29, 1.82) is 0 Å². The molecule has 2 rings (SSSR count). The van der Waals surface area contributed by atoms with Crippen molar-refractivity contribution in [1.82, 2.24) is 9.78 Å². The molecule has 1 aromatic rings. The SMILES string of the molecule is CC(C)c1c(Br)[c]nn1CC1CC1. The highest BCUT2D eigenvalue weighted by Gasteiger charge is 2.24. The summed E-state index contributed by atoms with van der Waals surface area (Å²) in [5.74, 6) is 1.39. The van der Waals surface area contributed by atoms with E-state index in [2.05, 4.69) is 45.8 Å². The van der Waals surface area contributed by atoms with Crippen molar-refractivity contribution in [3.8, 4) is 0 Å². The smallest absolute Gasteiger partial charge is 0.128 e. The van der Waals surface area contributed by atoms with Crippen LogP contribution in [0.4, 0.5) is 0 Å². The minimum atomic E-state index is 0.520. The molecule has 1 aromatic heterocycles. The molecule has 0 bridgehead atoms. The third-order valence-electron chi connectivity index (χ3n) is 2.45. The molecule has 1 aliphatic carbocycles. The van der Waals surface area contributed by atoms with Crippen LogP contribution in [0, 0.1) is 12.1 Å². The van der Waals surface area contributed by atoms with Crippen LogP contribution >= 0.6 is 15.9 Å². The van der Waals surface area contributed by atoms with E-state index in [1.807, 2.05) is 0 Å². The molecule has 1 heterocycles. The number of hydrogen-bond donors (Lipinski definition) is 0. The quantitative estimate of drug-likeness (QED) is 0.796. The van der Waals surface area contributed by atoms with Crippen LogP contribution in [0.15, 0.2) is 4.47 Å². The van der Waals surface area contributed by atoms with Gasteiger partial charge in [-0.15, -0.1) is 0 Å². The molecule has 13 heavy (non-hydrogen) atoms. The van der Waals surface area contributed by atoms with Gasteiger partial charge < -0.3 is 0 Å². The molecule has 0 aliphatic heterocycles. The lowest BCUT2D eigenvalue weighted by molar-refractivity contribution is 0.525. The zero-order chi connectivity index (χ0) is 9.42. The first-order valence-electron chi connectivity index (χ1n) is 4.82. The molecule has 0 N–H and O–H groups in total. The Kier molecular flexibility index (Phi) is 2.45. The summed E-state index contributed by atoms with van der Waals surface area (Å²) in [7, 11) is 0. The molecule has 1 fully saturated rings. The maximum atomic E-state index is 4.26. The Morgan fingerprint density at radius 1 is 1.62 bits per heavy atom. The second kappa shape index (κ2) is 3.45. The van der Waals surface area contributed by atoms with Crippen LogP contribution in [0.1, 0.15) is 38.3 Å². The van der Waals surface area contributed by atoms with Crippen LogP contribution in [-0.2, 0) is 6.54 Å². The maximum Gasteiger partial charge on any atom is 0.128 e. The highest BCUT2D eigenvalue weighted by atomic mass is 79.9. The fourth-order valence-corrected chi connectivity index (χ4v) is 2.31. The second-order valence-electron chi connectivity index (χ2n) is 4.09. The molecule has 1 aliphatic rings. The standard InChI is InChI=1S/C10H14BrN2/c1-7(2)10-9(11)5-12-13(10)6-8-3-4-8/h7-8H,3-4,6H2,1-2H3. The third-order valence-corrected chi connectivity index (χ3v) is 3.03. The molecular formula is C10H14BrN2. The Morgan fingerprint density at radius 3 is 2.85 bits per heavy atom. The van der Waals surface area contributed by atoms with Gasteiger partial charge in [-0.05, 0) is 40.6 Å². The first-order chi connectivity index (χ1) is 6.18. The third kappa shape index (κ3) is 1.96. The van der Waals surface area contributed by atoms with Crippen molar-refractivity contribution in [2.45, 2.75) is 39.2 Å². The lowest BCUT2D eigenvalue weighted by atomic mass is 10.1. The number of rotatable bonds is 3. The lowest BCUT2D eigenvalue weighted by Gasteiger charge is -2.09. The highest BCUT2D eigenvalue weighted by Crippen LogP contribution is 2.32. The van der Waals surface area contributed by atoms with Crippen molar-refractivity contribution in [3.05, 3.63) is 16.4 Å². The van der Waals surface area contributed by atoms with Gasteiger partial charge >= 0.3 is 0 Å². The second-order valence-corrected chi connectivity index (χ2v) is 4.88. The predicted molar refractivity (Wildman–Crippen MR) is 55.6 cm³/mol. The summed E-state index contributed by atoms with van der Waals surface area (Å²) >= 11 is 3.49. The Bertz CT molecular complexity index is 300. The Hall–Kier alpha value is -0.310. The molecule has 1 saturated carbocycles. The average molecular weight is 242 g/mol. The van der Waals surface area contributed by atoms with Gasteiger partial charge in [0.25, 0.3) is 0 Å². The van der Waals surface area contributed by atoms with Crippen LogP contribution in [0.3, 0.4) is 0 Å². The van der Waals surface area contributed by atoms with Gasteiger partial charge in [0.15, 0.2) is 0 Å². The fraction of sp³-hybridized carbons (Fsp3) is 0.700. The largest absolute Gasteiger partial charge is 0.267 e. The minimum absolute atomic E-state index is 0.520. The summed E-state index contributed by atoms with van der Waals surface area (Å²) in [6.45, 7) is 5.47. The Balaban J connectivity index is 2.22. The van der Waals surface area contributed by atoms with Gasteiger partial charge in [-0.2, -0.15) is 5.10 Å². The van der Waals surface area contributed by atoms with Crippen LogP contribution < -0.4 is 0 Å². The normalized spacial score (nSPS) is 16.9. The minimum Gasteiger partial charge on any atom is -0.267 e. The number of nitrogens with zero attached hydrogens (tertiary/aromatic N) is 2. The van der Waals surface area contributed by atoms with Crippen molar-refractivity contribution in [2.75, 3.05) is 0 Å². The van der Waals surface area contributed by atoms with E-state index in [9.17, 15) is 0 Å². The van der Waals surface area contributed by atoms with Gasteiger partial charge in [0.2, 0.25) is 0 Å². The van der Waals surface area contributed by atoms with E-state index in [1.165, 1.54) is 18.5 Å². The molecule has 1 radical (unpaired) electrons. The average Bonchev–Trinajstić information content (AvgIpc) is 2.76.